The molecule has 0 amide bonds. The Morgan fingerprint density at radius 3 is 2.64 bits per heavy atom. The van der Waals surface area contributed by atoms with Gasteiger partial charge < -0.3 is 4.74 Å². The predicted octanol–water partition coefficient (Wildman–Crippen LogP) is 1.72. The van der Waals surface area contributed by atoms with Crippen LogP contribution >= 0.6 is 31.9 Å². The molecular weight excluding hydrogens is 280 g/mol. The molecule has 0 atom stereocenters. The number of H-pyrrole nitrogens is 1. The van der Waals surface area contributed by atoms with Gasteiger partial charge in [0.2, 0.25) is 0 Å². The Balaban J connectivity index is 3.04. The summed E-state index contributed by atoms with van der Waals surface area (Å²) in [6.45, 7) is 0. The van der Waals surface area contributed by atoms with Crippen molar-refractivity contribution in [3.63, 3.8) is 0 Å². The molecule has 1 heterocycles. The number of aromatic nitrogens is 2. The Bertz CT molecular complexity index is 284. The van der Waals surface area contributed by atoms with Crippen molar-refractivity contribution in [1.82, 2.24) is 10.2 Å². The normalized spacial score (nSPS) is 9.73. The van der Waals surface area contributed by atoms with Crippen molar-refractivity contribution in [3.05, 3.63) is 14.8 Å². The van der Waals surface area contributed by atoms with Crippen LogP contribution in [-0.4, -0.2) is 23.3 Å². The number of esters is 1. The van der Waals surface area contributed by atoms with Crippen LogP contribution in [0, 0.1) is 0 Å². The predicted molar refractivity (Wildman–Crippen MR) is 45.3 cm³/mol. The van der Waals surface area contributed by atoms with Crippen LogP contribution in [0.1, 0.15) is 10.5 Å². The maximum absolute atomic E-state index is 10.9. The fourth-order valence-electron chi connectivity index (χ4n) is 0.539. The smallest absolute Gasteiger partial charge is 0.359 e. The van der Waals surface area contributed by atoms with E-state index >= 15 is 0 Å². The first-order valence-corrected chi connectivity index (χ1v) is 4.23. The number of carbonyl (C=O) groups is 1. The van der Waals surface area contributed by atoms with E-state index in [1.54, 1.807) is 0 Å². The molecule has 1 N–H and O–H groups in total. The summed E-state index contributed by atoms with van der Waals surface area (Å²) in [5.41, 5.74) is 0.236. The van der Waals surface area contributed by atoms with Crippen molar-refractivity contribution in [2.24, 2.45) is 0 Å². The molecule has 0 unspecified atom stereocenters. The zero-order valence-electron chi connectivity index (χ0n) is 5.52. The third-order valence-corrected chi connectivity index (χ3v) is 2.92. The highest BCUT2D eigenvalue weighted by atomic mass is 79.9. The van der Waals surface area contributed by atoms with E-state index in [1.165, 1.54) is 7.11 Å². The van der Waals surface area contributed by atoms with Gasteiger partial charge in [0.25, 0.3) is 0 Å². The fraction of sp³-hybridized carbons (Fsp3) is 0.200. The van der Waals surface area contributed by atoms with E-state index in [2.05, 4.69) is 46.8 Å². The Labute approximate surface area is 79.6 Å². The number of aromatic amines is 1. The minimum absolute atomic E-state index is 0.236. The van der Waals surface area contributed by atoms with Crippen LogP contribution in [0.25, 0.3) is 0 Å². The van der Waals surface area contributed by atoms with Crippen LogP contribution in [0.15, 0.2) is 9.08 Å². The number of ether oxygens (including phenoxy) is 1. The molecule has 0 aliphatic rings. The minimum Gasteiger partial charge on any atom is -0.464 e. The summed E-state index contributed by atoms with van der Waals surface area (Å²) in [4.78, 5) is 10.9. The number of carbonyl (C=O) groups excluding carboxylic acids is 1. The number of nitrogens with zero attached hydrogens (tertiary/aromatic N) is 1. The van der Waals surface area contributed by atoms with Gasteiger partial charge in [0, 0.05) is 0 Å². The average Bonchev–Trinajstić information content (AvgIpc) is 2.32. The molecule has 0 saturated carbocycles. The topological polar surface area (TPSA) is 55.0 Å². The van der Waals surface area contributed by atoms with Crippen LogP contribution in [0.4, 0.5) is 0 Å². The van der Waals surface area contributed by atoms with Crippen molar-refractivity contribution >= 4 is 37.8 Å². The lowest BCUT2D eigenvalue weighted by Crippen LogP contribution is -2.02. The van der Waals surface area contributed by atoms with E-state index in [0.717, 1.165) is 0 Å². The summed E-state index contributed by atoms with van der Waals surface area (Å²) in [5.74, 6) is -0.473. The third-order valence-electron chi connectivity index (χ3n) is 1.05. The van der Waals surface area contributed by atoms with Gasteiger partial charge in [-0.15, -0.1) is 0 Å². The van der Waals surface area contributed by atoms with Gasteiger partial charge in [0.15, 0.2) is 5.69 Å². The van der Waals surface area contributed by atoms with Gasteiger partial charge in [-0.25, -0.2) is 4.79 Å². The van der Waals surface area contributed by atoms with E-state index in [9.17, 15) is 4.79 Å². The number of halogens is 2. The lowest BCUT2D eigenvalue weighted by atomic mass is 10.4. The molecule has 0 aliphatic carbocycles. The number of hydrogen-bond donors (Lipinski definition) is 1. The van der Waals surface area contributed by atoms with Crippen LogP contribution in [0.3, 0.4) is 0 Å². The lowest BCUT2D eigenvalue weighted by molar-refractivity contribution is 0.0593. The van der Waals surface area contributed by atoms with Crippen molar-refractivity contribution in [3.8, 4) is 0 Å². The van der Waals surface area contributed by atoms with Crippen LogP contribution in [-0.2, 0) is 4.74 Å². The highest BCUT2D eigenvalue weighted by Gasteiger charge is 2.16. The van der Waals surface area contributed by atoms with E-state index in [1.807, 2.05) is 0 Å². The Hall–Kier alpha value is -0.360. The van der Waals surface area contributed by atoms with Gasteiger partial charge in [0.05, 0.1) is 11.6 Å². The van der Waals surface area contributed by atoms with E-state index in [-0.39, 0.29) is 5.69 Å². The molecule has 11 heavy (non-hydrogen) atoms. The Morgan fingerprint density at radius 2 is 2.27 bits per heavy atom. The largest absolute Gasteiger partial charge is 0.464 e. The second-order valence-corrected chi connectivity index (χ2v) is 3.28. The number of nitrogens with one attached hydrogen (secondary N) is 1. The first-order valence-electron chi connectivity index (χ1n) is 2.64. The molecule has 0 radical (unpaired) electrons. The molecular formula is C5H4Br2N2O2. The van der Waals surface area contributed by atoms with Crippen molar-refractivity contribution in [2.75, 3.05) is 7.11 Å². The molecule has 6 heteroatoms. The van der Waals surface area contributed by atoms with Gasteiger partial charge in [-0.1, -0.05) is 0 Å². The monoisotopic (exact) mass is 282 g/mol. The summed E-state index contributed by atoms with van der Waals surface area (Å²) in [6.07, 6.45) is 0. The Kier molecular flexibility index (Phi) is 2.67. The van der Waals surface area contributed by atoms with Gasteiger partial charge in [-0.05, 0) is 31.9 Å². The van der Waals surface area contributed by atoms with Crippen molar-refractivity contribution in [2.45, 2.75) is 0 Å². The zero-order valence-corrected chi connectivity index (χ0v) is 8.69. The summed E-state index contributed by atoms with van der Waals surface area (Å²) in [7, 11) is 1.30. The average molecular weight is 284 g/mol. The highest BCUT2D eigenvalue weighted by Crippen LogP contribution is 2.23. The molecule has 1 aromatic rings. The lowest BCUT2D eigenvalue weighted by Gasteiger charge is -1.92. The molecule has 0 aliphatic heterocycles. The number of hydrogen-bond acceptors (Lipinski definition) is 3. The minimum atomic E-state index is -0.473. The van der Waals surface area contributed by atoms with E-state index in [0.29, 0.717) is 9.08 Å². The SMILES string of the molecule is COC(=O)c1n[nH]c(Br)c1Br. The van der Waals surface area contributed by atoms with Gasteiger partial charge in [-0.3, -0.25) is 5.10 Å². The molecule has 1 rings (SSSR count). The maximum atomic E-state index is 10.9. The van der Waals surface area contributed by atoms with Crippen LogP contribution in [0.5, 0.6) is 0 Å². The number of methoxy groups -OCH3 is 1. The summed E-state index contributed by atoms with van der Waals surface area (Å²) in [5, 5.41) is 6.26. The second kappa shape index (κ2) is 3.36. The molecule has 0 spiro atoms. The van der Waals surface area contributed by atoms with Gasteiger partial charge in [-0.2, -0.15) is 5.10 Å². The van der Waals surface area contributed by atoms with Crippen molar-refractivity contribution in [1.29, 1.82) is 0 Å². The van der Waals surface area contributed by atoms with Crippen molar-refractivity contribution < 1.29 is 9.53 Å². The fourth-order valence-corrected chi connectivity index (χ4v) is 1.15. The third kappa shape index (κ3) is 1.62. The van der Waals surface area contributed by atoms with Gasteiger partial charge >= 0.3 is 5.97 Å². The summed E-state index contributed by atoms with van der Waals surface area (Å²) in [6, 6.07) is 0. The Morgan fingerprint density at radius 1 is 1.64 bits per heavy atom. The molecule has 0 aromatic carbocycles. The highest BCUT2D eigenvalue weighted by molar-refractivity contribution is 9.13. The maximum Gasteiger partial charge on any atom is 0.359 e. The second-order valence-electron chi connectivity index (χ2n) is 1.69. The van der Waals surface area contributed by atoms with E-state index in [4.69, 9.17) is 0 Å². The van der Waals surface area contributed by atoms with E-state index < -0.39 is 5.97 Å². The molecule has 4 nitrogen and oxygen atoms in total. The quantitative estimate of drug-likeness (QED) is 0.799. The standard InChI is InChI=1S/C5H4Br2N2O2/c1-11-5(10)3-2(6)4(7)9-8-3/h1H3,(H,8,9). The summed E-state index contributed by atoms with van der Waals surface area (Å²) < 4.78 is 5.65. The molecule has 60 valence electrons. The number of rotatable bonds is 1. The summed E-state index contributed by atoms with van der Waals surface area (Å²) >= 11 is 6.29. The van der Waals surface area contributed by atoms with Gasteiger partial charge in [0.1, 0.15) is 4.60 Å². The molecule has 0 fully saturated rings. The first kappa shape index (κ1) is 8.73. The zero-order chi connectivity index (χ0) is 8.43. The van der Waals surface area contributed by atoms with Crippen LogP contribution < -0.4 is 0 Å². The molecule has 0 bridgehead atoms. The molecule has 1 aromatic heterocycles. The van der Waals surface area contributed by atoms with Crippen LogP contribution in [0.2, 0.25) is 0 Å². The molecule has 0 saturated heterocycles. The first-order chi connectivity index (χ1) is 5.16.